The average Bonchev–Trinajstić information content (AvgIpc) is 2.89. The molecule has 1 fully saturated rings. The predicted octanol–water partition coefficient (Wildman–Crippen LogP) is 3.87. The van der Waals surface area contributed by atoms with E-state index in [2.05, 4.69) is 47.2 Å². The van der Waals surface area contributed by atoms with Gasteiger partial charge in [-0.1, -0.05) is 28.1 Å². The lowest BCUT2D eigenvalue weighted by Crippen LogP contribution is -2.39. The minimum absolute atomic E-state index is 0.134. The van der Waals surface area contributed by atoms with E-state index < -0.39 is 5.41 Å². The molecule has 0 saturated carbocycles. The Morgan fingerprint density at radius 2 is 1.73 bits per heavy atom. The number of ether oxygens (including phenoxy) is 3. The van der Waals surface area contributed by atoms with E-state index in [1.54, 1.807) is 14.2 Å². The number of nitrogens with one attached hydrogen (secondary N) is 1. The third-order valence-corrected chi connectivity index (χ3v) is 5.65. The third-order valence-electron chi connectivity index (χ3n) is 5.12. The summed E-state index contributed by atoms with van der Waals surface area (Å²) in [6.45, 7) is 4.27. The maximum absolute atomic E-state index is 12.5. The van der Waals surface area contributed by atoms with Gasteiger partial charge in [-0.15, -0.1) is 0 Å². The van der Waals surface area contributed by atoms with Crippen LogP contribution in [0.2, 0.25) is 0 Å². The van der Waals surface area contributed by atoms with Gasteiger partial charge in [-0.05, 0) is 38.0 Å². The van der Waals surface area contributed by atoms with Crippen molar-refractivity contribution in [3.05, 3.63) is 57.7 Å². The summed E-state index contributed by atoms with van der Waals surface area (Å²) in [5, 5.41) is 3.70. The molecule has 1 aliphatic heterocycles. The molecule has 0 radical (unpaired) electrons. The van der Waals surface area contributed by atoms with Crippen molar-refractivity contribution in [1.29, 1.82) is 0 Å². The van der Waals surface area contributed by atoms with Crippen LogP contribution in [-0.4, -0.2) is 32.7 Å². The zero-order valence-corrected chi connectivity index (χ0v) is 17.3. The van der Waals surface area contributed by atoms with Gasteiger partial charge in [-0.3, -0.25) is 4.79 Å². The molecule has 2 unspecified atom stereocenters. The molecule has 1 aliphatic carbocycles. The van der Waals surface area contributed by atoms with Gasteiger partial charge in [0.05, 0.1) is 27.4 Å². The molecule has 1 aromatic carbocycles. The van der Waals surface area contributed by atoms with Gasteiger partial charge >= 0.3 is 0 Å². The molecular formula is C20H24BrNO4. The molecule has 6 heteroatoms. The Hall–Kier alpha value is -1.79. The van der Waals surface area contributed by atoms with Crippen molar-refractivity contribution in [1.82, 2.24) is 5.32 Å². The number of carbonyl (C=O) groups is 1. The van der Waals surface area contributed by atoms with E-state index in [4.69, 9.17) is 14.2 Å². The van der Waals surface area contributed by atoms with Gasteiger partial charge < -0.3 is 19.5 Å². The molecule has 1 aromatic rings. The van der Waals surface area contributed by atoms with Crippen LogP contribution < -0.4 is 5.32 Å². The van der Waals surface area contributed by atoms with Crippen LogP contribution in [0, 0.1) is 5.41 Å². The molecule has 3 rings (SSSR count). The Bertz CT molecular complexity index is 782. The smallest absolute Gasteiger partial charge is 0.227 e. The molecule has 5 nitrogen and oxygen atoms in total. The standard InChI is InChI=1S/C20H24BrNO4/c1-19(2)11-20(17(22-19)12-6-8-13(21)9-7-12)15(24-3)10-14(23)16(25-4)18(20)26-5/h6-10,17,22H,11H2,1-5H3. The zero-order valence-electron chi connectivity index (χ0n) is 15.7. The predicted molar refractivity (Wildman–Crippen MR) is 102 cm³/mol. The van der Waals surface area contributed by atoms with Crippen molar-refractivity contribution in [2.24, 2.45) is 5.41 Å². The Kier molecular flexibility index (Phi) is 4.92. The van der Waals surface area contributed by atoms with Crippen molar-refractivity contribution in [3.63, 3.8) is 0 Å². The second kappa shape index (κ2) is 6.74. The van der Waals surface area contributed by atoms with E-state index in [9.17, 15) is 4.79 Å². The lowest BCUT2D eigenvalue weighted by atomic mass is 9.69. The van der Waals surface area contributed by atoms with Crippen LogP contribution in [0.1, 0.15) is 31.9 Å². The second-order valence-corrected chi connectivity index (χ2v) is 8.22. The number of hydrogen-bond acceptors (Lipinski definition) is 5. The maximum atomic E-state index is 12.5. The minimum atomic E-state index is -0.667. The third kappa shape index (κ3) is 2.85. The van der Waals surface area contributed by atoms with E-state index in [0.29, 0.717) is 17.9 Å². The van der Waals surface area contributed by atoms with Crippen molar-refractivity contribution in [2.45, 2.75) is 31.8 Å². The first-order valence-electron chi connectivity index (χ1n) is 8.45. The SMILES string of the molecule is COC1=CC(=O)C(OC)=C(OC)C12CC(C)(C)NC2c1ccc(Br)cc1. The molecular weight excluding hydrogens is 398 g/mol. The van der Waals surface area contributed by atoms with Crippen molar-refractivity contribution in [2.75, 3.05) is 21.3 Å². The number of methoxy groups -OCH3 is 3. The number of hydrogen-bond donors (Lipinski definition) is 1. The van der Waals surface area contributed by atoms with Gasteiger partial charge in [0.25, 0.3) is 0 Å². The molecule has 26 heavy (non-hydrogen) atoms. The fourth-order valence-electron chi connectivity index (χ4n) is 4.28. The number of ketones is 1. The lowest BCUT2D eigenvalue weighted by molar-refractivity contribution is -0.115. The summed E-state index contributed by atoms with van der Waals surface area (Å²) in [7, 11) is 4.66. The topological polar surface area (TPSA) is 56.8 Å². The highest BCUT2D eigenvalue weighted by molar-refractivity contribution is 9.10. The van der Waals surface area contributed by atoms with Crippen molar-refractivity contribution >= 4 is 21.7 Å². The Morgan fingerprint density at radius 3 is 2.27 bits per heavy atom. The molecule has 1 heterocycles. The van der Waals surface area contributed by atoms with Crippen LogP contribution in [0.4, 0.5) is 0 Å². The molecule has 1 N–H and O–H groups in total. The van der Waals surface area contributed by atoms with Gasteiger partial charge in [0.15, 0.2) is 5.76 Å². The summed E-state index contributed by atoms with van der Waals surface area (Å²) in [5.74, 6) is 1.09. The summed E-state index contributed by atoms with van der Waals surface area (Å²) in [4.78, 5) is 12.5. The summed E-state index contributed by atoms with van der Waals surface area (Å²) >= 11 is 3.49. The first-order valence-corrected chi connectivity index (χ1v) is 9.25. The highest BCUT2D eigenvalue weighted by Gasteiger charge is 2.60. The molecule has 2 atom stereocenters. The highest BCUT2D eigenvalue weighted by atomic mass is 79.9. The van der Waals surface area contributed by atoms with Crippen LogP contribution in [-0.2, 0) is 19.0 Å². The summed E-state index contributed by atoms with van der Waals surface area (Å²) < 4.78 is 17.9. The van der Waals surface area contributed by atoms with Crippen LogP contribution in [0.5, 0.6) is 0 Å². The normalized spacial score (nSPS) is 27.5. The molecule has 140 valence electrons. The molecule has 0 aromatic heterocycles. The highest BCUT2D eigenvalue weighted by Crippen LogP contribution is 2.59. The maximum Gasteiger partial charge on any atom is 0.227 e. The number of allylic oxidation sites excluding steroid dienone is 1. The molecule has 1 saturated heterocycles. The number of benzene rings is 1. The van der Waals surface area contributed by atoms with Crippen LogP contribution in [0.25, 0.3) is 0 Å². The van der Waals surface area contributed by atoms with Crippen LogP contribution >= 0.6 is 15.9 Å². The van der Waals surface area contributed by atoms with Crippen molar-refractivity contribution in [3.8, 4) is 0 Å². The Balaban J connectivity index is 2.27. The average molecular weight is 422 g/mol. The second-order valence-electron chi connectivity index (χ2n) is 7.30. The van der Waals surface area contributed by atoms with Gasteiger partial charge in [0, 0.05) is 16.1 Å². The van der Waals surface area contributed by atoms with E-state index in [1.165, 1.54) is 13.2 Å². The van der Waals surface area contributed by atoms with E-state index in [1.807, 2.05) is 12.1 Å². The first-order chi connectivity index (χ1) is 12.3. The van der Waals surface area contributed by atoms with Gasteiger partial charge in [0.1, 0.15) is 11.2 Å². The Labute approximate surface area is 162 Å². The molecule has 2 aliphatic rings. The molecule has 0 amide bonds. The van der Waals surface area contributed by atoms with Gasteiger partial charge in [-0.25, -0.2) is 0 Å². The van der Waals surface area contributed by atoms with E-state index in [-0.39, 0.29) is 23.1 Å². The lowest BCUT2D eigenvalue weighted by Gasteiger charge is -2.39. The van der Waals surface area contributed by atoms with Crippen molar-refractivity contribution < 1.29 is 19.0 Å². The quantitative estimate of drug-likeness (QED) is 0.799. The number of halogens is 1. The summed E-state index contributed by atoms with van der Waals surface area (Å²) in [6.07, 6.45) is 2.22. The summed E-state index contributed by atoms with van der Waals surface area (Å²) in [6, 6.07) is 8.01. The minimum Gasteiger partial charge on any atom is -0.500 e. The fourth-order valence-corrected chi connectivity index (χ4v) is 4.54. The number of carbonyl (C=O) groups excluding carboxylic acids is 1. The molecule has 0 bridgehead atoms. The van der Waals surface area contributed by atoms with Crippen LogP contribution in [0.15, 0.2) is 52.1 Å². The Morgan fingerprint density at radius 1 is 1.08 bits per heavy atom. The fraction of sp³-hybridized carbons (Fsp3) is 0.450. The largest absolute Gasteiger partial charge is 0.500 e. The number of rotatable bonds is 4. The first kappa shape index (κ1) is 19.0. The van der Waals surface area contributed by atoms with Gasteiger partial charge in [-0.2, -0.15) is 0 Å². The van der Waals surface area contributed by atoms with Gasteiger partial charge in [0.2, 0.25) is 11.5 Å². The van der Waals surface area contributed by atoms with E-state index in [0.717, 1.165) is 10.0 Å². The van der Waals surface area contributed by atoms with E-state index >= 15 is 0 Å². The zero-order chi connectivity index (χ0) is 19.1. The van der Waals surface area contributed by atoms with Crippen LogP contribution in [0.3, 0.4) is 0 Å². The molecule has 1 spiro atoms. The monoisotopic (exact) mass is 421 g/mol. The summed E-state index contributed by atoms with van der Waals surface area (Å²) in [5.41, 5.74) is 0.222.